The summed E-state index contributed by atoms with van der Waals surface area (Å²) in [6.07, 6.45) is -4.66. The van der Waals surface area contributed by atoms with Gasteiger partial charge < -0.3 is 4.74 Å². The minimum Gasteiger partial charge on any atom is -0.462 e. The van der Waals surface area contributed by atoms with E-state index < -0.39 is 22.2 Å². The first-order valence-electron chi connectivity index (χ1n) is 4.79. The number of rotatable bonds is 2. The fraction of sp³-hybridized carbons (Fsp3) is 0.273. The summed E-state index contributed by atoms with van der Waals surface area (Å²) in [6, 6.07) is 3.30. The molecule has 0 aliphatic carbocycles. The molecule has 0 N–H and O–H groups in total. The lowest BCUT2D eigenvalue weighted by Gasteiger charge is -2.12. The number of ether oxygens (including phenoxy) is 1. The van der Waals surface area contributed by atoms with Crippen LogP contribution in [0.15, 0.2) is 16.6 Å². The molecular weight excluding hydrogens is 315 g/mol. The minimum absolute atomic E-state index is 0.0312. The number of carbonyl (C=O) groups excluding carboxylic acids is 1. The Kier molecular flexibility index (Phi) is 4.35. The fourth-order valence-electron chi connectivity index (χ4n) is 1.25. The van der Waals surface area contributed by atoms with Crippen LogP contribution in [0.5, 0.6) is 0 Å². The lowest BCUT2D eigenvalue weighted by atomic mass is 10.1. The van der Waals surface area contributed by atoms with Gasteiger partial charge in [-0.15, -0.1) is 0 Å². The first kappa shape index (κ1) is 14.5. The van der Waals surface area contributed by atoms with Gasteiger partial charge in [0.1, 0.15) is 0 Å². The Balaban J connectivity index is 3.45. The van der Waals surface area contributed by atoms with E-state index in [-0.39, 0.29) is 17.7 Å². The molecule has 7 heteroatoms. The van der Waals surface area contributed by atoms with Crippen molar-refractivity contribution in [2.75, 3.05) is 6.61 Å². The van der Waals surface area contributed by atoms with E-state index in [2.05, 4.69) is 20.7 Å². The summed E-state index contributed by atoms with van der Waals surface area (Å²) in [5.74, 6) is -0.910. The van der Waals surface area contributed by atoms with Crippen LogP contribution in [0.3, 0.4) is 0 Å². The smallest absolute Gasteiger partial charge is 0.417 e. The number of nitriles is 1. The van der Waals surface area contributed by atoms with Crippen molar-refractivity contribution in [3.8, 4) is 6.07 Å². The van der Waals surface area contributed by atoms with Gasteiger partial charge in [0.15, 0.2) is 0 Å². The van der Waals surface area contributed by atoms with E-state index in [0.717, 1.165) is 6.07 Å². The number of hydrogen-bond donors (Lipinski definition) is 0. The van der Waals surface area contributed by atoms with E-state index >= 15 is 0 Å². The van der Waals surface area contributed by atoms with Crippen molar-refractivity contribution in [3.05, 3.63) is 33.3 Å². The van der Waals surface area contributed by atoms with Crippen molar-refractivity contribution >= 4 is 21.9 Å². The van der Waals surface area contributed by atoms with E-state index in [1.54, 1.807) is 6.07 Å². The molecule has 1 aromatic rings. The molecule has 0 saturated heterocycles. The number of carbonyl (C=O) groups is 1. The number of nitrogens with zero attached hydrogens (tertiary/aromatic N) is 1. The van der Waals surface area contributed by atoms with E-state index in [9.17, 15) is 18.0 Å². The maximum absolute atomic E-state index is 12.7. The third kappa shape index (κ3) is 3.01. The van der Waals surface area contributed by atoms with Crippen molar-refractivity contribution < 1.29 is 22.7 Å². The zero-order valence-electron chi connectivity index (χ0n) is 9.14. The maximum Gasteiger partial charge on any atom is 0.417 e. The van der Waals surface area contributed by atoms with Gasteiger partial charge in [-0.2, -0.15) is 18.4 Å². The third-order valence-corrected chi connectivity index (χ3v) is 2.86. The summed E-state index contributed by atoms with van der Waals surface area (Å²) in [6.45, 7) is 1.56. The Bertz CT molecular complexity index is 520. The van der Waals surface area contributed by atoms with E-state index in [0.29, 0.717) is 6.07 Å². The summed E-state index contributed by atoms with van der Waals surface area (Å²) < 4.78 is 42.3. The van der Waals surface area contributed by atoms with Gasteiger partial charge in [-0.25, -0.2) is 4.79 Å². The number of esters is 1. The Morgan fingerprint density at radius 2 is 2.11 bits per heavy atom. The van der Waals surface area contributed by atoms with Gasteiger partial charge in [-0.05, 0) is 35.0 Å². The van der Waals surface area contributed by atoms with Crippen LogP contribution in [0.25, 0.3) is 0 Å². The van der Waals surface area contributed by atoms with Crippen LogP contribution >= 0.6 is 15.9 Å². The average Bonchev–Trinajstić information content (AvgIpc) is 2.28. The highest BCUT2D eigenvalue weighted by Crippen LogP contribution is 2.37. The normalized spacial score (nSPS) is 10.9. The maximum atomic E-state index is 12.7. The molecule has 0 aliphatic heterocycles. The summed E-state index contributed by atoms with van der Waals surface area (Å²) in [5, 5.41) is 8.67. The minimum atomic E-state index is -4.66. The predicted molar refractivity (Wildman–Crippen MR) is 59.8 cm³/mol. The van der Waals surface area contributed by atoms with Gasteiger partial charge in [0.05, 0.1) is 29.4 Å². The fourth-order valence-corrected chi connectivity index (χ4v) is 1.87. The Morgan fingerprint density at radius 1 is 1.50 bits per heavy atom. The average molecular weight is 322 g/mol. The van der Waals surface area contributed by atoms with Crippen molar-refractivity contribution in [2.24, 2.45) is 0 Å². The van der Waals surface area contributed by atoms with Gasteiger partial charge in [-0.3, -0.25) is 0 Å². The second-order valence-corrected chi connectivity index (χ2v) is 4.01. The molecule has 0 atom stereocenters. The first-order valence-corrected chi connectivity index (χ1v) is 5.58. The van der Waals surface area contributed by atoms with Crippen LogP contribution in [-0.4, -0.2) is 12.6 Å². The predicted octanol–water partition coefficient (Wildman–Crippen LogP) is 3.52. The molecule has 0 fully saturated rings. The monoisotopic (exact) mass is 321 g/mol. The molecule has 18 heavy (non-hydrogen) atoms. The lowest BCUT2D eigenvalue weighted by molar-refractivity contribution is -0.138. The highest BCUT2D eigenvalue weighted by molar-refractivity contribution is 9.10. The molecule has 0 spiro atoms. The molecule has 3 nitrogen and oxygen atoms in total. The van der Waals surface area contributed by atoms with Crippen molar-refractivity contribution in [1.82, 2.24) is 0 Å². The van der Waals surface area contributed by atoms with Crippen LogP contribution in [0, 0.1) is 11.3 Å². The van der Waals surface area contributed by atoms with Gasteiger partial charge >= 0.3 is 12.1 Å². The lowest BCUT2D eigenvalue weighted by Crippen LogP contribution is -2.12. The quantitative estimate of drug-likeness (QED) is 0.783. The molecule has 0 aliphatic rings. The summed E-state index contributed by atoms with van der Waals surface area (Å²) >= 11 is 2.72. The number of hydrogen-bond acceptors (Lipinski definition) is 3. The van der Waals surface area contributed by atoms with Gasteiger partial charge in [0.2, 0.25) is 0 Å². The van der Waals surface area contributed by atoms with Gasteiger partial charge in [0.25, 0.3) is 0 Å². The number of alkyl halides is 3. The Hall–Kier alpha value is -1.55. The third-order valence-electron chi connectivity index (χ3n) is 2.00. The second-order valence-electron chi connectivity index (χ2n) is 3.22. The molecule has 0 saturated carbocycles. The zero-order chi connectivity index (χ0) is 13.9. The Labute approximate surface area is 109 Å². The topological polar surface area (TPSA) is 50.1 Å². The van der Waals surface area contributed by atoms with Gasteiger partial charge in [-0.1, -0.05) is 0 Å². The summed E-state index contributed by atoms with van der Waals surface area (Å²) in [7, 11) is 0. The molecule has 0 amide bonds. The summed E-state index contributed by atoms with van der Waals surface area (Å²) in [5.41, 5.74) is -1.65. The Morgan fingerprint density at radius 3 is 2.56 bits per heavy atom. The zero-order valence-corrected chi connectivity index (χ0v) is 10.7. The number of benzene rings is 1. The summed E-state index contributed by atoms with van der Waals surface area (Å²) in [4.78, 5) is 11.5. The van der Waals surface area contributed by atoms with Crippen molar-refractivity contribution in [2.45, 2.75) is 13.1 Å². The van der Waals surface area contributed by atoms with E-state index in [1.807, 2.05) is 0 Å². The molecule has 0 radical (unpaired) electrons. The SMILES string of the molecule is CCOC(=O)c1cc(C#N)cc(C(F)(F)F)c1Br. The molecule has 0 bridgehead atoms. The molecule has 0 aromatic heterocycles. The van der Waals surface area contributed by atoms with Crippen LogP contribution in [0.2, 0.25) is 0 Å². The van der Waals surface area contributed by atoms with Crippen LogP contribution in [-0.2, 0) is 10.9 Å². The van der Waals surface area contributed by atoms with Crippen molar-refractivity contribution in [1.29, 1.82) is 5.26 Å². The van der Waals surface area contributed by atoms with E-state index in [4.69, 9.17) is 5.26 Å². The molecule has 1 rings (SSSR count). The van der Waals surface area contributed by atoms with Gasteiger partial charge in [0, 0.05) is 4.47 Å². The van der Waals surface area contributed by atoms with E-state index in [1.165, 1.54) is 6.92 Å². The standard InChI is InChI=1S/C11H7BrF3NO2/c1-2-18-10(17)7-3-6(5-16)4-8(9(7)12)11(13,14)15/h3-4H,2H2,1H3. The molecule has 0 unspecified atom stereocenters. The molecular formula is C11H7BrF3NO2. The van der Waals surface area contributed by atoms with Crippen LogP contribution in [0.4, 0.5) is 13.2 Å². The van der Waals surface area contributed by atoms with Crippen molar-refractivity contribution in [3.63, 3.8) is 0 Å². The highest BCUT2D eigenvalue weighted by Gasteiger charge is 2.35. The first-order chi connectivity index (χ1) is 8.31. The molecule has 1 aromatic carbocycles. The molecule has 96 valence electrons. The van der Waals surface area contributed by atoms with Crippen LogP contribution < -0.4 is 0 Å². The highest BCUT2D eigenvalue weighted by atomic mass is 79.9. The van der Waals surface area contributed by atoms with Crippen LogP contribution in [0.1, 0.15) is 28.4 Å². The largest absolute Gasteiger partial charge is 0.462 e. The second kappa shape index (κ2) is 5.40. The number of halogens is 4. The molecule has 0 heterocycles.